The zero-order valence-electron chi connectivity index (χ0n) is 12.7. The maximum atomic E-state index is 12.3. The smallest absolute Gasteiger partial charge is 0.228 e. The molecule has 0 bridgehead atoms. The normalized spacial score (nSPS) is 15.2. The summed E-state index contributed by atoms with van der Waals surface area (Å²) in [5, 5.41) is 6.11. The lowest BCUT2D eigenvalue weighted by Gasteiger charge is -2.21. The highest BCUT2D eigenvalue weighted by Gasteiger charge is 2.21. The van der Waals surface area contributed by atoms with E-state index in [1.54, 1.807) is 12.1 Å². The number of hydrogen-bond acceptors (Lipinski definition) is 6. The predicted octanol–water partition coefficient (Wildman–Crippen LogP) is 1.33. The van der Waals surface area contributed by atoms with Crippen LogP contribution in [0.15, 0.2) is 36.7 Å². The number of carbonyl (C=O) groups excluding carboxylic acids is 1. The van der Waals surface area contributed by atoms with Crippen molar-refractivity contribution in [3.63, 3.8) is 0 Å². The van der Waals surface area contributed by atoms with E-state index < -0.39 is 0 Å². The third-order valence-electron chi connectivity index (χ3n) is 3.92. The van der Waals surface area contributed by atoms with E-state index in [0.29, 0.717) is 17.3 Å². The SMILES string of the molecule is NOc1ccccc1-c1cc(NC(=O)C2CCNCC2)ncn1. The summed E-state index contributed by atoms with van der Waals surface area (Å²) in [6.07, 6.45) is 3.10. The first kappa shape index (κ1) is 15.4. The van der Waals surface area contributed by atoms with Crippen molar-refractivity contribution >= 4 is 11.7 Å². The lowest BCUT2D eigenvalue weighted by atomic mass is 9.97. The fourth-order valence-corrected chi connectivity index (χ4v) is 2.67. The molecule has 1 aliphatic heterocycles. The molecule has 120 valence electrons. The molecule has 1 aromatic carbocycles. The average molecular weight is 313 g/mol. The lowest BCUT2D eigenvalue weighted by molar-refractivity contribution is -0.120. The predicted molar refractivity (Wildman–Crippen MR) is 86.5 cm³/mol. The average Bonchev–Trinajstić information content (AvgIpc) is 2.62. The summed E-state index contributed by atoms with van der Waals surface area (Å²) in [5.41, 5.74) is 1.39. The maximum Gasteiger partial charge on any atom is 0.228 e. The number of para-hydroxylation sites is 1. The van der Waals surface area contributed by atoms with Crippen LogP contribution in [0.2, 0.25) is 0 Å². The van der Waals surface area contributed by atoms with Gasteiger partial charge in [-0.15, -0.1) is 0 Å². The number of rotatable bonds is 4. The molecule has 7 nitrogen and oxygen atoms in total. The summed E-state index contributed by atoms with van der Waals surface area (Å²) in [7, 11) is 0. The van der Waals surface area contributed by atoms with Crippen LogP contribution < -0.4 is 21.4 Å². The van der Waals surface area contributed by atoms with Crippen LogP contribution in [0.1, 0.15) is 12.8 Å². The minimum Gasteiger partial charge on any atom is -0.411 e. The van der Waals surface area contributed by atoms with Crippen molar-refractivity contribution in [1.82, 2.24) is 15.3 Å². The molecule has 1 aliphatic rings. The Labute approximate surface area is 134 Å². The topological polar surface area (TPSA) is 102 Å². The van der Waals surface area contributed by atoms with Gasteiger partial charge in [0.15, 0.2) is 5.75 Å². The number of nitrogens with zero attached hydrogens (tertiary/aromatic N) is 2. The number of amides is 1. The summed E-state index contributed by atoms with van der Waals surface area (Å²) in [5.74, 6) is 6.30. The van der Waals surface area contributed by atoms with E-state index in [2.05, 4.69) is 20.6 Å². The van der Waals surface area contributed by atoms with Crippen LogP contribution in [0.3, 0.4) is 0 Å². The Morgan fingerprint density at radius 1 is 1.26 bits per heavy atom. The van der Waals surface area contributed by atoms with E-state index in [4.69, 9.17) is 10.7 Å². The molecule has 1 aromatic heterocycles. The number of nitrogens with one attached hydrogen (secondary N) is 2. The van der Waals surface area contributed by atoms with Crippen LogP contribution in [0, 0.1) is 5.92 Å². The monoisotopic (exact) mass is 313 g/mol. The van der Waals surface area contributed by atoms with E-state index in [1.165, 1.54) is 6.33 Å². The van der Waals surface area contributed by atoms with Crippen molar-refractivity contribution < 1.29 is 9.63 Å². The van der Waals surface area contributed by atoms with Gasteiger partial charge in [0.2, 0.25) is 5.91 Å². The molecule has 0 spiro atoms. The minimum atomic E-state index is -0.000454. The zero-order valence-corrected chi connectivity index (χ0v) is 12.7. The molecular formula is C16H19N5O2. The van der Waals surface area contributed by atoms with Gasteiger partial charge in [-0.3, -0.25) is 4.79 Å². The largest absolute Gasteiger partial charge is 0.411 e. The summed E-state index contributed by atoms with van der Waals surface area (Å²) in [4.78, 5) is 25.5. The zero-order chi connectivity index (χ0) is 16.1. The molecule has 1 saturated heterocycles. The van der Waals surface area contributed by atoms with Crippen molar-refractivity contribution in [3.8, 4) is 17.0 Å². The Balaban J connectivity index is 1.78. The van der Waals surface area contributed by atoms with Crippen molar-refractivity contribution in [2.24, 2.45) is 11.8 Å². The number of aromatic nitrogens is 2. The fraction of sp³-hybridized carbons (Fsp3) is 0.312. The van der Waals surface area contributed by atoms with Gasteiger partial charge in [-0.05, 0) is 38.1 Å². The first-order valence-electron chi connectivity index (χ1n) is 7.57. The number of piperidine rings is 1. The van der Waals surface area contributed by atoms with Crippen molar-refractivity contribution in [3.05, 3.63) is 36.7 Å². The minimum absolute atomic E-state index is 0.000454. The first-order valence-corrected chi connectivity index (χ1v) is 7.57. The highest BCUT2D eigenvalue weighted by atomic mass is 16.6. The lowest BCUT2D eigenvalue weighted by Crippen LogP contribution is -2.34. The molecule has 0 atom stereocenters. The summed E-state index contributed by atoms with van der Waals surface area (Å²) < 4.78 is 0. The molecule has 1 fully saturated rings. The van der Waals surface area contributed by atoms with Crippen molar-refractivity contribution in [2.45, 2.75) is 12.8 Å². The van der Waals surface area contributed by atoms with Gasteiger partial charge in [-0.25, -0.2) is 9.97 Å². The molecule has 0 saturated carbocycles. The number of anilines is 1. The van der Waals surface area contributed by atoms with Crippen LogP contribution in [-0.4, -0.2) is 29.0 Å². The molecule has 0 radical (unpaired) electrons. The number of nitrogens with two attached hydrogens (primary N) is 1. The van der Waals surface area contributed by atoms with Gasteiger partial charge in [-0.2, -0.15) is 5.90 Å². The quantitative estimate of drug-likeness (QED) is 0.736. The molecule has 7 heteroatoms. The summed E-state index contributed by atoms with van der Waals surface area (Å²) in [6, 6.07) is 9.02. The molecule has 0 aliphatic carbocycles. The second-order valence-electron chi connectivity index (χ2n) is 5.42. The fourth-order valence-electron chi connectivity index (χ4n) is 2.67. The van der Waals surface area contributed by atoms with Gasteiger partial charge in [0.25, 0.3) is 0 Å². The van der Waals surface area contributed by atoms with Crippen LogP contribution in [0.5, 0.6) is 5.75 Å². The highest BCUT2D eigenvalue weighted by molar-refractivity contribution is 5.92. The number of benzene rings is 1. The van der Waals surface area contributed by atoms with Crippen LogP contribution in [0.4, 0.5) is 5.82 Å². The third kappa shape index (κ3) is 3.64. The van der Waals surface area contributed by atoms with E-state index in [1.807, 2.05) is 18.2 Å². The third-order valence-corrected chi connectivity index (χ3v) is 3.92. The van der Waals surface area contributed by atoms with Gasteiger partial charge in [-0.1, -0.05) is 12.1 Å². The second kappa shape index (κ2) is 7.17. The molecular weight excluding hydrogens is 294 g/mol. The van der Waals surface area contributed by atoms with Crippen LogP contribution in [0.25, 0.3) is 11.3 Å². The van der Waals surface area contributed by atoms with Crippen molar-refractivity contribution in [1.29, 1.82) is 0 Å². The summed E-state index contributed by atoms with van der Waals surface area (Å²) >= 11 is 0. The molecule has 0 unspecified atom stereocenters. The van der Waals surface area contributed by atoms with Crippen LogP contribution >= 0.6 is 0 Å². The molecule has 23 heavy (non-hydrogen) atoms. The standard InChI is InChI=1S/C16H19N5O2/c17-23-14-4-2-1-3-12(14)13-9-15(20-10-19-13)21-16(22)11-5-7-18-8-6-11/h1-4,9-11,18H,5-8,17H2,(H,19,20,21,22). The van der Waals surface area contributed by atoms with Gasteiger partial charge in [0, 0.05) is 17.5 Å². The summed E-state index contributed by atoms with van der Waals surface area (Å²) in [6.45, 7) is 1.74. The van der Waals surface area contributed by atoms with Gasteiger partial charge < -0.3 is 15.5 Å². The Hall–Kier alpha value is -2.51. The Kier molecular flexibility index (Phi) is 4.80. The molecule has 2 aromatic rings. The number of hydrogen-bond donors (Lipinski definition) is 3. The number of carbonyl (C=O) groups is 1. The Morgan fingerprint density at radius 3 is 2.83 bits per heavy atom. The molecule has 1 amide bonds. The van der Waals surface area contributed by atoms with Gasteiger partial charge in [0.1, 0.15) is 12.1 Å². The molecule has 2 heterocycles. The maximum absolute atomic E-state index is 12.3. The van der Waals surface area contributed by atoms with E-state index in [-0.39, 0.29) is 11.8 Å². The van der Waals surface area contributed by atoms with E-state index in [9.17, 15) is 4.79 Å². The molecule has 3 rings (SSSR count). The van der Waals surface area contributed by atoms with Crippen LogP contribution in [-0.2, 0) is 4.79 Å². The Bertz CT molecular complexity index is 686. The van der Waals surface area contributed by atoms with Crippen molar-refractivity contribution in [2.75, 3.05) is 18.4 Å². The van der Waals surface area contributed by atoms with Gasteiger partial charge in [0.05, 0.1) is 5.69 Å². The first-order chi connectivity index (χ1) is 11.3. The van der Waals surface area contributed by atoms with E-state index in [0.717, 1.165) is 31.5 Å². The molecule has 4 N–H and O–H groups in total. The second-order valence-corrected chi connectivity index (χ2v) is 5.42. The highest BCUT2D eigenvalue weighted by Crippen LogP contribution is 2.28. The van der Waals surface area contributed by atoms with E-state index >= 15 is 0 Å². The Morgan fingerprint density at radius 2 is 2.04 bits per heavy atom. The van der Waals surface area contributed by atoms with Gasteiger partial charge >= 0.3 is 0 Å².